The van der Waals surface area contributed by atoms with Crippen LogP contribution in [0, 0.1) is 12.8 Å². The fraction of sp³-hybridized carbons (Fsp3) is 0.647. The van der Waals surface area contributed by atoms with Crippen LogP contribution in [-0.4, -0.2) is 19.6 Å². The molecule has 1 aliphatic carbocycles. The van der Waals surface area contributed by atoms with Crippen LogP contribution in [0.2, 0.25) is 0 Å². The van der Waals surface area contributed by atoms with Gasteiger partial charge in [-0.3, -0.25) is 0 Å². The lowest BCUT2D eigenvalue weighted by molar-refractivity contribution is 0.321. The van der Waals surface area contributed by atoms with Gasteiger partial charge in [0.05, 0.1) is 0 Å². The van der Waals surface area contributed by atoms with Gasteiger partial charge in [-0.05, 0) is 55.8 Å². The summed E-state index contributed by atoms with van der Waals surface area (Å²) < 4.78 is 0. The maximum atomic E-state index is 5.63. The van der Waals surface area contributed by atoms with Crippen LogP contribution in [0.15, 0.2) is 18.2 Å². The first-order chi connectivity index (χ1) is 9.13. The van der Waals surface area contributed by atoms with Gasteiger partial charge in [-0.15, -0.1) is 0 Å². The molecule has 1 aromatic carbocycles. The second-order valence-corrected chi connectivity index (χ2v) is 6.10. The molecule has 1 aliphatic rings. The molecule has 0 aromatic heterocycles. The first-order valence-corrected chi connectivity index (χ1v) is 7.66. The number of hydrogen-bond donors (Lipinski definition) is 1. The minimum absolute atomic E-state index is 0.702. The Bertz CT molecular complexity index is 414. The maximum Gasteiger partial charge on any atom is 0.0396 e. The largest absolute Gasteiger partial charge is 0.371 e. The molecule has 0 saturated heterocycles. The number of rotatable bonds is 4. The molecular weight excluding hydrogens is 232 g/mol. The average molecular weight is 260 g/mol. The van der Waals surface area contributed by atoms with Crippen LogP contribution in [0.5, 0.6) is 0 Å². The van der Waals surface area contributed by atoms with Crippen LogP contribution >= 0.6 is 0 Å². The lowest BCUT2D eigenvalue weighted by Crippen LogP contribution is -2.39. The van der Waals surface area contributed by atoms with Gasteiger partial charge in [0.2, 0.25) is 0 Å². The summed E-state index contributed by atoms with van der Waals surface area (Å²) >= 11 is 0. The molecule has 2 atom stereocenters. The van der Waals surface area contributed by atoms with Crippen molar-refractivity contribution < 1.29 is 0 Å². The van der Waals surface area contributed by atoms with E-state index in [0.717, 1.165) is 18.9 Å². The van der Waals surface area contributed by atoms with E-state index < -0.39 is 0 Å². The van der Waals surface area contributed by atoms with E-state index in [0.29, 0.717) is 6.04 Å². The standard InChI is InChI=1S/C17H28N2/c1-13-6-4-5-7-16(13)19(3)17-9-8-15(10-11-18)12-14(17)2/h8-9,12-13,16H,4-7,10-11,18H2,1-3H3. The lowest BCUT2D eigenvalue weighted by Gasteiger charge is -2.38. The van der Waals surface area contributed by atoms with Crippen LogP contribution in [0.25, 0.3) is 0 Å². The summed E-state index contributed by atoms with van der Waals surface area (Å²) in [7, 11) is 2.26. The Labute approximate surface area is 118 Å². The summed E-state index contributed by atoms with van der Waals surface area (Å²) in [5, 5.41) is 0. The normalized spacial score (nSPS) is 23.4. The third-order valence-corrected chi connectivity index (χ3v) is 4.64. The highest BCUT2D eigenvalue weighted by Crippen LogP contribution is 2.32. The van der Waals surface area contributed by atoms with Gasteiger partial charge in [0.1, 0.15) is 0 Å². The minimum Gasteiger partial charge on any atom is -0.371 e. The lowest BCUT2D eigenvalue weighted by atomic mass is 9.84. The Morgan fingerprint density at radius 3 is 2.63 bits per heavy atom. The average Bonchev–Trinajstić information content (AvgIpc) is 2.39. The van der Waals surface area contributed by atoms with Crippen molar-refractivity contribution >= 4 is 5.69 Å². The van der Waals surface area contributed by atoms with Gasteiger partial charge in [0.15, 0.2) is 0 Å². The molecule has 2 unspecified atom stereocenters. The summed E-state index contributed by atoms with van der Waals surface area (Å²) in [6.45, 7) is 5.35. The molecule has 0 amide bonds. The Kier molecular flexibility index (Phi) is 4.87. The number of nitrogens with two attached hydrogens (primary N) is 1. The van der Waals surface area contributed by atoms with Gasteiger partial charge in [-0.25, -0.2) is 0 Å². The number of anilines is 1. The fourth-order valence-corrected chi connectivity index (χ4v) is 3.49. The first kappa shape index (κ1) is 14.4. The molecule has 0 spiro atoms. The van der Waals surface area contributed by atoms with Crippen LogP contribution in [0.3, 0.4) is 0 Å². The highest BCUT2D eigenvalue weighted by molar-refractivity contribution is 5.54. The SMILES string of the molecule is Cc1cc(CCN)ccc1N(C)C1CCCCC1C. The molecule has 0 bridgehead atoms. The molecule has 106 valence electrons. The predicted molar refractivity (Wildman–Crippen MR) is 83.8 cm³/mol. The van der Waals surface area contributed by atoms with Crippen LogP contribution in [-0.2, 0) is 6.42 Å². The molecule has 19 heavy (non-hydrogen) atoms. The van der Waals surface area contributed by atoms with Gasteiger partial charge in [-0.2, -0.15) is 0 Å². The van der Waals surface area contributed by atoms with Crippen molar-refractivity contribution in [3.8, 4) is 0 Å². The Hall–Kier alpha value is -1.02. The van der Waals surface area contributed by atoms with E-state index >= 15 is 0 Å². The van der Waals surface area contributed by atoms with E-state index in [2.05, 4.69) is 44.0 Å². The van der Waals surface area contributed by atoms with Gasteiger partial charge in [0.25, 0.3) is 0 Å². The molecule has 2 N–H and O–H groups in total. The van der Waals surface area contributed by atoms with Crippen molar-refractivity contribution in [1.29, 1.82) is 0 Å². The molecule has 1 fully saturated rings. The molecule has 1 saturated carbocycles. The topological polar surface area (TPSA) is 29.3 Å². The zero-order chi connectivity index (χ0) is 13.8. The highest BCUT2D eigenvalue weighted by atomic mass is 15.1. The molecule has 0 radical (unpaired) electrons. The number of nitrogens with zero attached hydrogens (tertiary/aromatic N) is 1. The molecule has 2 nitrogen and oxygen atoms in total. The zero-order valence-electron chi connectivity index (χ0n) is 12.7. The number of aryl methyl sites for hydroxylation is 1. The Balaban J connectivity index is 2.16. The van der Waals surface area contributed by atoms with Gasteiger partial charge in [-0.1, -0.05) is 31.9 Å². The fourth-order valence-electron chi connectivity index (χ4n) is 3.49. The summed E-state index contributed by atoms with van der Waals surface area (Å²) in [6, 6.07) is 7.51. The van der Waals surface area contributed by atoms with Crippen LogP contribution < -0.4 is 10.6 Å². The van der Waals surface area contributed by atoms with Crippen molar-refractivity contribution in [3.05, 3.63) is 29.3 Å². The van der Waals surface area contributed by atoms with Gasteiger partial charge >= 0.3 is 0 Å². The van der Waals surface area contributed by atoms with Crippen LogP contribution in [0.1, 0.15) is 43.7 Å². The molecule has 0 aliphatic heterocycles. The second-order valence-electron chi connectivity index (χ2n) is 6.10. The second kappa shape index (κ2) is 6.42. The van der Waals surface area contributed by atoms with E-state index in [1.807, 2.05) is 0 Å². The van der Waals surface area contributed by atoms with Gasteiger partial charge < -0.3 is 10.6 Å². The monoisotopic (exact) mass is 260 g/mol. The van der Waals surface area contributed by atoms with E-state index in [1.165, 1.54) is 42.5 Å². The van der Waals surface area contributed by atoms with E-state index in [-0.39, 0.29) is 0 Å². The zero-order valence-corrected chi connectivity index (χ0v) is 12.7. The highest BCUT2D eigenvalue weighted by Gasteiger charge is 2.25. The third kappa shape index (κ3) is 3.30. The predicted octanol–water partition coefficient (Wildman–Crippen LogP) is 3.51. The van der Waals surface area contributed by atoms with Crippen molar-refractivity contribution in [3.63, 3.8) is 0 Å². The smallest absolute Gasteiger partial charge is 0.0396 e. The van der Waals surface area contributed by atoms with E-state index in [1.54, 1.807) is 0 Å². The number of benzene rings is 1. The van der Waals surface area contributed by atoms with Crippen molar-refractivity contribution in [2.75, 3.05) is 18.5 Å². The van der Waals surface area contributed by atoms with Crippen molar-refractivity contribution in [2.24, 2.45) is 11.7 Å². The summed E-state index contributed by atoms with van der Waals surface area (Å²) in [5.74, 6) is 0.807. The summed E-state index contributed by atoms with van der Waals surface area (Å²) in [6.07, 6.45) is 6.47. The summed E-state index contributed by atoms with van der Waals surface area (Å²) in [5.41, 5.74) is 9.76. The van der Waals surface area contributed by atoms with Gasteiger partial charge in [0, 0.05) is 18.8 Å². The molecule has 0 heterocycles. The quantitative estimate of drug-likeness (QED) is 0.897. The Morgan fingerprint density at radius 1 is 1.26 bits per heavy atom. The van der Waals surface area contributed by atoms with Crippen molar-refractivity contribution in [2.45, 2.75) is 52.0 Å². The van der Waals surface area contributed by atoms with Crippen LogP contribution in [0.4, 0.5) is 5.69 Å². The number of hydrogen-bond acceptors (Lipinski definition) is 2. The first-order valence-electron chi connectivity index (χ1n) is 7.66. The summed E-state index contributed by atoms with van der Waals surface area (Å²) in [4.78, 5) is 2.51. The molecular formula is C17H28N2. The molecule has 1 aromatic rings. The minimum atomic E-state index is 0.702. The van der Waals surface area contributed by atoms with E-state index in [9.17, 15) is 0 Å². The van der Waals surface area contributed by atoms with Crippen molar-refractivity contribution in [1.82, 2.24) is 0 Å². The van der Waals surface area contributed by atoms with E-state index in [4.69, 9.17) is 5.73 Å². The third-order valence-electron chi connectivity index (χ3n) is 4.64. The molecule has 2 rings (SSSR count). The Morgan fingerprint density at radius 2 is 2.00 bits per heavy atom. The maximum absolute atomic E-state index is 5.63. The molecule has 2 heteroatoms.